The highest BCUT2D eigenvalue weighted by atomic mass is 35.5. The summed E-state index contributed by atoms with van der Waals surface area (Å²) in [5.74, 6) is 0.123. The number of rotatable bonds is 0. The molecule has 0 bridgehead atoms. The standard InChI is InChI=1S/C8H10ClNO/c1-4-5(2)8(11)6(9)3-7(4)10/h3,11H,10H2,1-2H3. The molecule has 0 radical (unpaired) electrons. The van der Waals surface area contributed by atoms with Gasteiger partial charge in [-0.15, -0.1) is 0 Å². The number of halogens is 1. The Bertz CT molecular complexity index is 270. The first-order chi connectivity index (χ1) is 5.04. The molecule has 2 nitrogen and oxygen atoms in total. The lowest BCUT2D eigenvalue weighted by atomic mass is 10.1. The van der Waals surface area contributed by atoms with Crippen LogP contribution in [-0.2, 0) is 0 Å². The Kier molecular flexibility index (Phi) is 1.96. The number of nitrogen functional groups attached to an aromatic ring is 1. The van der Waals surface area contributed by atoms with E-state index in [1.807, 2.05) is 6.92 Å². The number of phenolic OH excluding ortho intramolecular Hbond substituents is 1. The van der Waals surface area contributed by atoms with Crippen LogP contribution in [-0.4, -0.2) is 5.11 Å². The Hall–Kier alpha value is -0.890. The molecule has 0 atom stereocenters. The van der Waals surface area contributed by atoms with Gasteiger partial charge in [0.05, 0.1) is 5.02 Å². The molecule has 0 aliphatic carbocycles. The lowest BCUT2D eigenvalue weighted by Crippen LogP contribution is -1.92. The molecule has 1 rings (SSSR count). The molecule has 1 aromatic carbocycles. The minimum absolute atomic E-state index is 0.123. The summed E-state index contributed by atoms with van der Waals surface area (Å²) in [6, 6.07) is 1.55. The zero-order valence-electron chi connectivity index (χ0n) is 6.48. The zero-order valence-corrected chi connectivity index (χ0v) is 7.24. The van der Waals surface area contributed by atoms with Crippen LogP contribution in [0.25, 0.3) is 0 Å². The maximum absolute atomic E-state index is 9.32. The van der Waals surface area contributed by atoms with Gasteiger partial charge in [0, 0.05) is 5.69 Å². The summed E-state index contributed by atoms with van der Waals surface area (Å²) in [7, 11) is 0. The lowest BCUT2D eigenvalue weighted by molar-refractivity contribution is 0.471. The van der Waals surface area contributed by atoms with E-state index in [1.165, 1.54) is 0 Å². The van der Waals surface area contributed by atoms with Gasteiger partial charge in [0.15, 0.2) is 0 Å². The molecular formula is C8H10ClNO. The summed E-state index contributed by atoms with van der Waals surface area (Å²) in [5.41, 5.74) is 7.84. The maximum Gasteiger partial charge on any atom is 0.137 e. The molecule has 3 N–H and O–H groups in total. The highest BCUT2D eigenvalue weighted by molar-refractivity contribution is 6.32. The van der Waals surface area contributed by atoms with Crippen molar-refractivity contribution in [2.24, 2.45) is 0 Å². The van der Waals surface area contributed by atoms with Gasteiger partial charge in [-0.05, 0) is 31.0 Å². The number of nitrogens with two attached hydrogens (primary N) is 1. The second-order valence-corrected chi connectivity index (χ2v) is 2.95. The zero-order chi connectivity index (χ0) is 8.59. The van der Waals surface area contributed by atoms with E-state index < -0.39 is 0 Å². The SMILES string of the molecule is Cc1c(N)cc(Cl)c(O)c1C. The average molecular weight is 172 g/mol. The van der Waals surface area contributed by atoms with Crippen LogP contribution in [0.4, 0.5) is 5.69 Å². The van der Waals surface area contributed by atoms with Gasteiger partial charge < -0.3 is 10.8 Å². The van der Waals surface area contributed by atoms with Gasteiger partial charge in [-0.25, -0.2) is 0 Å². The predicted octanol–water partition coefficient (Wildman–Crippen LogP) is 2.24. The van der Waals surface area contributed by atoms with Crippen molar-refractivity contribution < 1.29 is 5.11 Å². The van der Waals surface area contributed by atoms with Crippen LogP contribution >= 0.6 is 11.6 Å². The van der Waals surface area contributed by atoms with Crippen molar-refractivity contribution in [3.63, 3.8) is 0 Å². The molecule has 0 aliphatic rings. The molecule has 11 heavy (non-hydrogen) atoms. The number of benzene rings is 1. The molecule has 0 heterocycles. The van der Waals surface area contributed by atoms with E-state index >= 15 is 0 Å². The summed E-state index contributed by atoms with van der Waals surface area (Å²) in [6.07, 6.45) is 0. The molecule has 60 valence electrons. The van der Waals surface area contributed by atoms with Crippen molar-refractivity contribution in [1.29, 1.82) is 0 Å². The van der Waals surface area contributed by atoms with Gasteiger partial charge in [0.2, 0.25) is 0 Å². The summed E-state index contributed by atoms with van der Waals surface area (Å²) < 4.78 is 0. The van der Waals surface area contributed by atoms with E-state index in [0.717, 1.165) is 11.1 Å². The fourth-order valence-electron chi connectivity index (χ4n) is 0.886. The van der Waals surface area contributed by atoms with Crippen LogP contribution in [0, 0.1) is 13.8 Å². The van der Waals surface area contributed by atoms with Gasteiger partial charge in [-0.1, -0.05) is 11.6 Å². The molecule has 0 fully saturated rings. The summed E-state index contributed by atoms with van der Waals surface area (Å²) in [6.45, 7) is 3.63. The quantitative estimate of drug-likeness (QED) is 0.465. The Balaban J connectivity index is 3.46. The number of phenols is 1. The molecule has 0 amide bonds. The summed E-state index contributed by atoms with van der Waals surface area (Å²) in [4.78, 5) is 0. The van der Waals surface area contributed by atoms with Gasteiger partial charge in [0.1, 0.15) is 5.75 Å². The molecule has 0 aliphatic heterocycles. The van der Waals surface area contributed by atoms with E-state index in [1.54, 1.807) is 13.0 Å². The van der Waals surface area contributed by atoms with Crippen molar-refractivity contribution in [3.8, 4) is 5.75 Å². The van der Waals surface area contributed by atoms with Gasteiger partial charge >= 0.3 is 0 Å². The molecular weight excluding hydrogens is 162 g/mol. The largest absolute Gasteiger partial charge is 0.506 e. The highest BCUT2D eigenvalue weighted by Gasteiger charge is 2.07. The van der Waals surface area contributed by atoms with Crippen molar-refractivity contribution in [2.45, 2.75) is 13.8 Å². The van der Waals surface area contributed by atoms with Crippen molar-refractivity contribution in [1.82, 2.24) is 0 Å². The Morgan fingerprint density at radius 3 is 2.45 bits per heavy atom. The Morgan fingerprint density at radius 1 is 1.36 bits per heavy atom. The topological polar surface area (TPSA) is 46.2 Å². The molecule has 3 heteroatoms. The second-order valence-electron chi connectivity index (χ2n) is 2.55. The van der Waals surface area contributed by atoms with Crippen molar-refractivity contribution >= 4 is 17.3 Å². The van der Waals surface area contributed by atoms with Crippen LogP contribution in [0.3, 0.4) is 0 Å². The average Bonchev–Trinajstić information content (AvgIpc) is 1.97. The summed E-state index contributed by atoms with van der Waals surface area (Å²) >= 11 is 5.66. The molecule has 0 spiro atoms. The number of hydrogen-bond donors (Lipinski definition) is 2. The fourth-order valence-corrected chi connectivity index (χ4v) is 1.15. The number of hydrogen-bond acceptors (Lipinski definition) is 2. The maximum atomic E-state index is 9.32. The molecule has 0 saturated carbocycles. The van der Waals surface area contributed by atoms with Gasteiger partial charge in [-0.2, -0.15) is 0 Å². The molecule has 0 aromatic heterocycles. The van der Waals surface area contributed by atoms with Crippen molar-refractivity contribution in [3.05, 3.63) is 22.2 Å². The van der Waals surface area contributed by atoms with Gasteiger partial charge in [-0.3, -0.25) is 0 Å². The van der Waals surface area contributed by atoms with E-state index in [0.29, 0.717) is 10.7 Å². The third-order valence-corrected chi connectivity index (χ3v) is 2.15. The minimum Gasteiger partial charge on any atom is -0.506 e. The molecule has 0 saturated heterocycles. The second kappa shape index (κ2) is 2.62. The first-order valence-corrected chi connectivity index (χ1v) is 3.66. The van der Waals surface area contributed by atoms with Crippen LogP contribution in [0.1, 0.15) is 11.1 Å². The molecule has 1 aromatic rings. The van der Waals surface area contributed by atoms with Crippen LogP contribution in [0.5, 0.6) is 5.75 Å². The smallest absolute Gasteiger partial charge is 0.137 e. The summed E-state index contributed by atoms with van der Waals surface area (Å²) in [5, 5.41) is 9.63. The number of aromatic hydroxyl groups is 1. The Labute approximate surface area is 70.6 Å². The predicted molar refractivity (Wildman–Crippen MR) is 47.0 cm³/mol. The van der Waals surface area contributed by atoms with E-state index in [2.05, 4.69) is 0 Å². The third kappa shape index (κ3) is 1.26. The highest BCUT2D eigenvalue weighted by Crippen LogP contribution is 2.32. The van der Waals surface area contributed by atoms with Crippen LogP contribution in [0.15, 0.2) is 6.07 Å². The van der Waals surface area contributed by atoms with Crippen LogP contribution in [0.2, 0.25) is 5.02 Å². The first-order valence-electron chi connectivity index (χ1n) is 3.28. The van der Waals surface area contributed by atoms with Crippen LogP contribution < -0.4 is 5.73 Å². The van der Waals surface area contributed by atoms with Crippen molar-refractivity contribution in [2.75, 3.05) is 5.73 Å². The third-order valence-electron chi connectivity index (χ3n) is 1.86. The minimum atomic E-state index is 0.123. The van der Waals surface area contributed by atoms with E-state index in [4.69, 9.17) is 17.3 Å². The molecule has 0 unspecified atom stereocenters. The Morgan fingerprint density at radius 2 is 1.91 bits per heavy atom. The van der Waals surface area contributed by atoms with E-state index in [9.17, 15) is 5.11 Å². The number of anilines is 1. The van der Waals surface area contributed by atoms with E-state index in [-0.39, 0.29) is 5.75 Å². The van der Waals surface area contributed by atoms with Gasteiger partial charge in [0.25, 0.3) is 0 Å². The first kappa shape index (κ1) is 8.21. The lowest BCUT2D eigenvalue weighted by Gasteiger charge is -2.07. The normalized spacial score (nSPS) is 10.1. The fraction of sp³-hybridized carbons (Fsp3) is 0.250. The monoisotopic (exact) mass is 171 g/mol.